The van der Waals surface area contributed by atoms with Crippen LogP contribution in [0, 0.1) is 5.92 Å². The van der Waals surface area contributed by atoms with Crippen molar-refractivity contribution in [1.82, 2.24) is 20.9 Å². The molecule has 8 nitrogen and oxygen atoms in total. The van der Waals surface area contributed by atoms with Gasteiger partial charge in [-0.15, -0.1) is 24.0 Å². The molecule has 2 amide bonds. The molecule has 0 aromatic heterocycles. The van der Waals surface area contributed by atoms with Crippen molar-refractivity contribution < 1.29 is 14.3 Å². The van der Waals surface area contributed by atoms with Gasteiger partial charge in [-0.2, -0.15) is 0 Å². The van der Waals surface area contributed by atoms with Crippen LogP contribution in [-0.4, -0.2) is 67.7 Å². The molecular formula is C21H42IN5O3. The smallest absolute Gasteiger partial charge is 0.407 e. The first-order valence-corrected chi connectivity index (χ1v) is 10.9. The van der Waals surface area contributed by atoms with Crippen LogP contribution >= 0.6 is 24.0 Å². The van der Waals surface area contributed by atoms with Gasteiger partial charge in [-0.3, -0.25) is 9.79 Å². The monoisotopic (exact) mass is 539 g/mol. The Labute approximate surface area is 199 Å². The molecule has 1 saturated heterocycles. The second-order valence-electron chi connectivity index (χ2n) is 8.63. The van der Waals surface area contributed by atoms with Gasteiger partial charge >= 0.3 is 6.09 Å². The molecule has 0 aliphatic carbocycles. The summed E-state index contributed by atoms with van der Waals surface area (Å²) >= 11 is 0. The number of guanidine groups is 1. The van der Waals surface area contributed by atoms with Crippen molar-refractivity contribution in [3.63, 3.8) is 0 Å². The van der Waals surface area contributed by atoms with Crippen LogP contribution in [0.3, 0.4) is 0 Å². The number of nitrogens with one attached hydrogen (secondary N) is 3. The SMILES string of the molecule is CCCC(CN=C(NCC)N1CCC(CC(=O)NC)CC1)NC(=O)OC(C)(C)C.I. The lowest BCUT2D eigenvalue weighted by molar-refractivity contribution is -0.121. The Hall–Kier alpha value is -1.26. The van der Waals surface area contributed by atoms with Crippen LogP contribution in [0.5, 0.6) is 0 Å². The van der Waals surface area contributed by atoms with Gasteiger partial charge in [-0.1, -0.05) is 13.3 Å². The number of carbonyl (C=O) groups is 2. The van der Waals surface area contributed by atoms with Crippen molar-refractivity contribution >= 4 is 41.9 Å². The molecule has 0 spiro atoms. The fraction of sp³-hybridized carbons (Fsp3) is 0.857. The topological polar surface area (TPSA) is 95.1 Å². The number of rotatable bonds is 8. The number of hydrogen-bond acceptors (Lipinski definition) is 4. The summed E-state index contributed by atoms with van der Waals surface area (Å²) in [6.07, 6.45) is 3.95. The van der Waals surface area contributed by atoms with Crippen LogP contribution in [0.1, 0.15) is 66.7 Å². The minimum absolute atomic E-state index is 0. The predicted octanol–water partition coefficient (Wildman–Crippen LogP) is 3.11. The second-order valence-corrected chi connectivity index (χ2v) is 8.63. The Bertz CT molecular complexity index is 543. The summed E-state index contributed by atoms with van der Waals surface area (Å²) in [5.74, 6) is 1.41. The van der Waals surface area contributed by atoms with Crippen molar-refractivity contribution in [2.75, 3.05) is 33.2 Å². The van der Waals surface area contributed by atoms with E-state index in [4.69, 9.17) is 9.73 Å². The summed E-state index contributed by atoms with van der Waals surface area (Å²) in [7, 11) is 1.69. The number of nitrogens with zero attached hydrogens (tertiary/aromatic N) is 2. The zero-order valence-corrected chi connectivity index (χ0v) is 21.9. The molecule has 0 radical (unpaired) electrons. The molecule has 1 aliphatic heterocycles. The minimum atomic E-state index is -0.516. The third kappa shape index (κ3) is 11.8. The molecule has 1 rings (SSSR count). The molecule has 1 unspecified atom stereocenters. The molecule has 0 aromatic carbocycles. The Balaban J connectivity index is 0.00000841. The first-order chi connectivity index (χ1) is 13.7. The molecule has 1 atom stereocenters. The third-order valence-corrected chi connectivity index (χ3v) is 4.82. The van der Waals surface area contributed by atoms with Crippen LogP contribution in [0.25, 0.3) is 0 Å². The number of ether oxygens (including phenoxy) is 1. The molecule has 1 heterocycles. The minimum Gasteiger partial charge on any atom is -0.444 e. The number of likely N-dealkylation sites (tertiary alicyclic amines) is 1. The Morgan fingerprint density at radius 2 is 1.83 bits per heavy atom. The van der Waals surface area contributed by atoms with E-state index >= 15 is 0 Å². The fourth-order valence-corrected chi connectivity index (χ4v) is 3.37. The lowest BCUT2D eigenvalue weighted by Gasteiger charge is -2.34. The van der Waals surface area contributed by atoms with Crippen molar-refractivity contribution in [3.8, 4) is 0 Å². The molecule has 30 heavy (non-hydrogen) atoms. The average molecular weight is 540 g/mol. The lowest BCUT2D eigenvalue weighted by atomic mass is 9.93. The third-order valence-electron chi connectivity index (χ3n) is 4.82. The summed E-state index contributed by atoms with van der Waals surface area (Å²) in [6.45, 7) is 12.8. The van der Waals surface area contributed by atoms with Gasteiger partial charge in [0, 0.05) is 33.1 Å². The van der Waals surface area contributed by atoms with Crippen molar-refractivity contribution in [2.24, 2.45) is 10.9 Å². The summed E-state index contributed by atoms with van der Waals surface area (Å²) < 4.78 is 5.38. The number of alkyl carbamates (subject to hydrolysis) is 1. The number of halogens is 1. The molecule has 1 fully saturated rings. The largest absolute Gasteiger partial charge is 0.444 e. The van der Waals surface area contributed by atoms with Gasteiger partial charge < -0.3 is 25.6 Å². The van der Waals surface area contributed by atoms with Gasteiger partial charge in [0.05, 0.1) is 12.6 Å². The highest BCUT2D eigenvalue weighted by molar-refractivity contribution is 14.0. The van der Waals surface area contributed by atoms with Gasteiger partial charge in [0.1, 0.15) is 5.60 Å². The average Bonchev–Trinajstić information content (AvgIpc) is 2.64. The molecular weight excluding hydrogens is 497 g/mol. The lowest BCUT2D eigenvalue weighted by Crippen LogP contribution is -2.47. The highest BCUT2D eigenvalue weighted by Gasteiger charge is 2.24. The van der Waals surface area contributed by atoms with Crippen molar-refractivity contribution in [2.45, 2.75) is 78.4 Å². The molecule has 0 aromatic rings. The maximum absolute atomic E-state index is 12.1. The van der Waals surface area contributed by atoms with E-state index < -0.39 is 11.7 Å². The highest BCUT2D eigenvalue weighted by Crippen LogP contribution is 2.20. The number of piperidine rings is 1. The van der Waals surface area contributed by atoms with E-state index in [1.807, 2.05) is 20.8 Å². The first kappa shape index (κ1) is 28.7. The van der Waals surface area contributed by atoms with Gasteiger partial charge in [0.2, 0.25) is 5.91 Å². The highest BCUT2D eigenvalue weighted by atomic mass is 127. The fourth-order valence-electron chi connectivity index (χ4n) is 3.37. The van der Waals surface area contributed by atoms with Crippen molar-refractivity contribution in [1.29, 1.82) is 0 Å². The normalized spacial score (nSPS) is 16.3. The quantitative estimate of drug-likeness (QED) is 0.250. The van der Waals surface area contributed by atoms with Crippen LogP contribution in [0.4, 0.5) is 4.79 Å². The number of amides is 2. The zero-order valence-electron chi connectivity index (χ0n) is 19.5. The maximum Gasteiger partial charge on any atom is 0.407 e. The molecule has 0 saturated carbocycles. The maximum atomic E-state index is 12.1. The van der Waals surface area contributed by atoms with Gasteiger partial charge in [-0.05, 0) is 52.9 Å². The van der Waals surface area contributed by atoms with Crippen LogP contribution in [-0.2, 0) is 9.53 Å². The molecule has 9 heteroatoms. The van der Waals surface area contributed by atoms with E-state index in [1.54, 1.807) is 7.05 Å². The van der Waals surface area contributed by atoms with E-state index in [9.17, 15) is 9.59 Å². The molecule has 0 bridgehead atoms. The zero-order chi connectivity index (χ0) is 21.9. The second kappa shape index (κ2) is 14.7. The van der Waals surface area contributed by atoms with Crippen LogP contribution < -0.4 is 16.0 Å². The Morgan fingerprint density at radius 1 is 1.20 bits per heavy atom. The summed E-state index contributed by atoms with van der Waals surface area (Å²) in [5, 5.41) is 9.02. The number of carbonyl (C=O) groups excluding carboxylic acids is 2. The van der Waals surface area contributed by atoms with E-state index in [-0.39, 0.29) is 35.9 Å². The Morgan fingerprint density at radius 3 is 2.33 bits per heavy atom. The molecule has 3 N–H and O–H groups in total. The van der Waals surface area contributed by atoms with Crippen LogP contribution in [0.15, 0.2) is 4.99 Å². The molecule has 176 valence electrons. The summed E-state index contributed by atoms with van der Waals surface area (Å²) in [4.78, 5) is 30.8. The summed E-state index contributed by atoms with van der Waals surface area (Å²) in [5.41, 5.74) is -0.516. The van der Waals surface area contributed by atoms with Gasteiger partial charge in [0.15, 0.2) is 5.96 Å². The number of aliphatic imine (C=N–C) groups is 1. The number of hydrogen-bond donors (Lipinski definition) is 3. The standard InChI is InChI=1S/C21H41N5O3.HI/c1-7-9-17(25-20(28)29-21(3,4)5)15-24-19(23-8-2)26-12-10-16(11-13-26)14-18(27)22-6;/h16-17H,7-15H2,1-6H3,(H,22,27)(H,23,24)(H,25,28);1H. The van der Waals surface area contributed by atoms with Gasteiger partial charge in [0.25, 0.3) is 0 Å². The molecule has 1 aliphatic rings. The van der Waals surface area contributed by atoms with E-state index in [2.05, 4.69) is 34.7 Å². The van der Waals surface area contributed by atoms with Crippen molar-refractivity contribution in [3.05, 3.63) is 0 Å². The van der Waals surface area contributed by atoms with E-state index in [0.717, 1.165) is 51.3 Å². The van der Waals surface area contributed by atoms with E-state index in [1.165, 1.54) is 0 Å². The van der Waals surface area contributed by atoms with Gasteiger partial charge in [-0.25, -0.2) is 4.79 Å². The van der Waals surface area contributed by atoms with E-state index in [0.29, 0.717) is 18.9 Å². The summed E-state index contributed by atoms with van der Waals surface area (Å²) in [6, 6.07) is -0.0608. The van der Waals surface area contributed by atoms with Crippen LogP contribution in [0.2, 0.25) is 0 Å². The predicted molar refractivity (Wildman–Crippen MR) is 132 cm³/mol. The first-order valence-electron chi connectivity index (χ1n) is 10.9. The Kier molecular flexibility index (Phi) is 14.1.